The van der Waals surface area contributed by atoms with Crippen LogP contribution in [0.3, 0.4) is 0 Å². The lowest BCUT2D eigenvalue weighted by molar-refractivity contribution is -0.118. The topological polar surface area (TPSA) is 72.3 Å². The molecule has 0 saturated heterocycles. The number of nitrogens with zero attached hydrogens (tertiary/aromatic N) is 1. The first kappa shape index (κ1) is 14.9. The van der Waals surface area contributed by atoms with Crippen molar-refractivity contribution >= 4 is 23.0 Å². The van der Waals surface area contributed by atoms with Crippen molar-refractivity contribution in [3.63, 3.8) is 0 Å². The number of rotatable bonds is 5. The predicted molar refractivity (Wildman–Crippen MR) is 88.1 cm³/mol. The Morgan fingerprint density at radius 2 is 1.48 bits per heavy atom. The molecule has 2 rings (SSSR count). The number of nitrogens with two attached hydrogens (primary N) is 2. The van der Waals surface area contributed by atoms with Gasteiger partial charge in [0.25, 0.3) is 0 Å². The molecule has 0 spiro atoms. The molecule has 0 aliphatic carbocycles. The molecule has 0 unspecified atom stereocenters. The fourth-order valence-corrected chi connectivity index (χ4v) is 2.14. The van der Waals surface area contributed by atoms with Crippen molar-refractivity contribution in [1.82, 2.24) is 0 Å². The fraction of sp³-hybridized carbons (Fsp3) is 0.235. The molecule has 0 heterocycles. The summed E-state index contributed by atoms with van der Waals surface area (Å²) in [4.78, 5) is 13.8. The molecule has 0 saturated carbocycles. The number of carbonyl (C=O) groups is 1. The van der Waals surface area contributed by atoms with E-state index in [0.717, 1.165) is 24.2 Å². The third-order valence-corrected chi connectivity index (χ3v) is 3.49. The molecule has 4 nitrogen and oxygen atoms in total. The smallest absolute Gasteiger partial charge is 0.226 e. The quantitative estimate of drug-likeness (QED) is 0.829. The van der Waals surface area contributed by atoms with Gasteiger partial charge < -0.3 is 16.4 Å². The number of anilines is 3. The minimum Gasteiger partial charge on any atom is -0.399 e. The van der Waals surface area contributed by atoms with E-state index in [1.165, 1.54) is 5.56 Å². The van der Waals surface area contributed by atoms with E-state index in [1.54, 1.807) is 24.1 Å². The minimum absolute atomic E-state index is 0.107. The molecule has 110 valence electrons. The van der Waals surface area contributed by atoms with Crippen LogP contribution in [-0.4, -0.2) is 13.0 Å². The van der Waals surface area contributed by atoms with Gasteiger partial charge in [0.05, 0.1) is 0 Å². The van der Waals surface area contributed by atoms with Crippen LogP contribution < -0.4 is 16.4 Å². The first-order valence-electron chi connectivity index (χ1n) is 7.03. The van der Waals surface area contributed by atoms with E-state index >= 15 is 0 Å². The molecule has 0 aliphatic heterocycles. The monoisotopic (exact) mass is 283 g/mol. The van der Waals surface area contributed by atoms with Gasteiger partial charge in [-0.1, -0.05) is 12.1 Å². The summed E-state index contributed by atoms with van der Waals surface area (Å²) in [5.41, 5.74) is 14.8. The third-order valence-electron chi connectivity index (χ3n) is 3.49. The number of aryl methyl sites for hydroxylation is 1. The van der Waals surface area contributed by atoms with Gasteiger partial charge in [-0.15, -0.1) is 0 Å². The molecule has 0 aliphatic rings. The van der Waals surface area contributed by atoms with E-state index in [2.05, 4.69) is 0 Å². The average Bonchev–Trinajstić information content (AvgIpc) is 2.49. The van der Waals surface area contributed by atoms with Crippen molar-refractivity contribution in [3.8, 4) is 0 Å². The average molecular weight is 283 g/mol. The van der Waals surface area contributed by atoms with Gasteiger partial charge in [-0.3, -0.25) is 4.79 Å². The van der Waals surface area contributed by atoms with Crippen LogP contribution in [0.4, 0.5) is 17.1 Å². The number of hydrogen-bond donors (Lipinski definition) is 2. The summed E-state index contributed by atoms with van der Waals surface area (Å²) < 4.78 is 0. The molecule has 0 fully saturated rings. The zero-order valence-corrected chi connectivity index (χ0v) is 12.3. The Kier molecular flexibility index (Phi) is 4.82. The molecule has 0 radical (unpaired) electrons. The summed E-state index contributed by atoms with van der Waals surface area (Å²) >= 11 is 0. The van der Waals surface area contributed by atoms with Gasteiger partial charge in [0, 0.05) is 30.5 Å². The van der Waals surface area contributed by atoms with Crippen LogP contribution in [0.25, 0.3) is 0 Å². The predicted octanol–water partition coefficient (Wildman–Crippen LogP) is 2.84. The Labute approximate surface area is 125 Å². The standard InChI is InChI=1S/C17H21N3O/c1-20(16-11-9-15(19)10-12-16)17(21)4-2-3-13-5-7-14(18)8-6-13/h5-12H,2-4,18-19H2,1H3. The number of amides is 1. The number of benzene rings is 2. The largest absolute Gasteiger partial charge is 0.399 e. The molecule has 2 aromatic rings. The maximum Gasteiger partial charge on any atom is 0.226 e. The highest BCUT2D eigenvalue weighted by Gasteiger charge is 2.10. The van der Waals surface area contributed by atoms with Gasteiger partial charge >= 0.3 is 0 Å². The summed E-state index contributed by atoms with van der Waals surface area (Å²) in [5.74, 6) is 0.107. The summed E-state index contributed by atoms with van der Waals surface area (Å²) in [7, 11) is 1.79. The Morgan fingerprint density at radius 1 is 0.952 bits per heavy atom. The normalized spacial score (nSPS) is 10.3. The Morgan fingerprint density at radius 3 is 2.05 bits per heavy atom. The fourth-order valence-electron chi connectivity index (χ4n) is 2.14. The molecule has 0 aromatic heterocycles. The first-order chi connectivity index (χ1) is 10.1. The maximum atomic E-state index is 12.1. The van der Waals surface area contributed by atoms with E-state index in [0.29, 0.717) is 12.1 Å². The van der Waals surface area contributed by atoms with Gasteiger partial charge in [0.15, 0.2) is 0 Å². The van der Waals surface area contributed by atoms with E-state index in [4.69, 9.17) is 11.5 Å². The lowest BCUT2D eigenvalue weighted by atomic mass is 10.1. The van der Waals surface area contributed by atoms with Gasteiger partial charge in [-0.25, -0.2) is 0 Å². The lowest BCUT2D eigenvalue weighted by Gasteiger charge is -2.17. The SMILES string of the molecule is CN(C(=O)CCCc1ccc(N)cc1)c1ccc(N)cc1. The van der Waals surface area contributed by atoms with E-state index in [9.17, 15) is 4.79 Å². The van der Waals surface area contributed by atoms with Gasteiger partial charge in [-0.2, -0.15) is 0 Å². The first-order valence-corrected chi connectivity index (χ1v) is 7.03. The summed E-state index contributed by atoms with van der Waals surface area (Å²) in [6.45, 7) is 0. The second-order valence-electron chi connectivity index (χ2n) is 5.14. The molecule has 2 aromatic carbocycles. The number of hydrogen-bond acceptors (Lipinski definition) is 3. The van der Waals surface area contributed by atoms with Crippen LogP contribution in [0.1, 0.15) is 18.4 Å². The van der Waals surface area contributed by atoms with E-state index in [-0.39, 0.29) is 5.91 Å². The second kappa shape index (κ2) is 6.79. The molecule has 4 N–H and O–H groups in total. The summed E-state index contributed by atoms with van der Waals surface area (Å²) in [5, 5.41) is 0. The van der Waals surface area contributed by atoms with Crippen LogP contribution in [0, 0.1) is 0 Å². The molecule has 4 heteroatoms. The van der Waals surface area contributed by atoms with Gasteiger partial charge in [0.1, 0.15) is 0 Å². The van der Waals surface area contributed by atoms with E-state index in [1.807, 2.05) is 36.4 Å². The Hall–Kier alpha value is -2.49. The maximum absolute atomic E-state index is 12.1. The van der Waals surface area contributed by atoms with Crippen LogP contribution in [-0.2, 0) is 11.2 Å². The highest BCUT2D eigenvalue weighted by molar-refractivity contribution is 5.92. The van der Waals surface area contributed by atoms with Crippen LogP contribution in [0.15, 0.2) is 48.5 Å². The van der Waals surface area contributed by atoms with Crippen molar-refractivity contribution in [1.29, 1.82) is 0 Å². The molecular formula is C17H21N3O. The van der Waals surface area contributed by atoms with Crippen molar-refractivity contribution < 1.29 is 4.79 Å². The van der Waals surface area contributed by atoms with Gasteiger partial charge in [-0.05, 0) is 54.8 Å². The highest BCUT2D eigenvalue weighted by atomic mass is 16.2. The summed E-state index contributed by atoms with van der Waals surface area (Å²) in [6.07, 6.45) is 2.22. The molecule has 21 heavy (non-hydrogen) atoms. The summed E-state index contributed by atoms with van der Waals surface area (Å²) in [6, 6.07) is 15.1. The van der Waals surface area contributed by atoms with Crippen molar-refractivity contribution in [2.75, 3.05) is 23.4 Å². The van der Waals surface area contributed by atoms with Crippen LogP contribution in [0.2, 0.25) is 0 Å². The van der Waals surface area contributed by atoms with Crippen molar-refractivity contribution in [2.24, 2.45) is 0 Å². The number of carbonyl (C=O) groups excluding carboxylic acids is 1. The Bertz CT molecular complexity index is 590. The van der Waals surface area contributed by atoms with Crippen LogP contribution >= 0.6 is 0 Å². The molecule has 0 bridgehead atoms. The molecule has 1 amide bonds. The molecule has 0 atom stereocenters. The number of nitrogen functional groups attached to an aromatic ring is 2. The van der Waals surface area contributed by atoms with Crippen LogP contribution in [0.5, 0.6) is 0 Å². The zero-order chi connectivity index (χ0) is 15.2. The Balaban J connectivity index is 1.83. The molecular weight excluding hydrogens is 262 g/mol. The van der Waals surface area contributed by atoms with Crippen molar-refractivity contribution in [3.05, 3.63) is 54.1 Å². The lowest BCUT2D eigenvalue weighted by Crippen LogP contribution is -2.25. The highest BCUT2D eigenvalue weighted by Crippen LogP contribution is 2.16. The van der Waals surface area contributed by atoms with E-state index < -0.39 is 0 Å². The van der Waals surface area contributed by atoms with Gasteiger partial charge in [0.2, 0.25) is 5.91 Å². The second-order valence-corrected chi connectivity index (χ2v) is 5.14. The zero-order valence-electron chi connectivity index (χ0n) is 12.3. The third kappa shape index (κ3) is 4.24. The minimum atomic E-state index is 0.107. The van der Waals surface area contributed by atoms with Crippen molar-refractivity contribution in [2.45, 2.75) is 19.3 Å².